The van der Waals surface area contributed by atoms with E-state index in [1.165, 1.54) is 122 Å². The lowest BCUT2D eigenvalue weighted by atomic mass is 10.0. The molecule has 0 aromatic carbocycles. The molecule has 0 aromatic rings. The Kier molecular flexibility index (Phi) is 49.3. The van der Waals surface area contributed by atoms with Gasteiger partial charge in [0.05, 0.1) is 19.8 Å². The number of hydrogen-bond acceptors (Lipinski definition) is 7. The summed E-state index contributed by atoms with van der Waals surface area (Å²) < 4.78 is 33.5. The third-order valence-electron chi connectivity index (χ3n) is 10.5. The van der Waals surface area contributed by atoms with Crippen LogP contribution in [0.3, 0.4) is 0 Å². The van der Waals surface area contributed by atoms with Crippen molar-refractivity contribution < 1.29 is 32.8 Å². The van der Waals surface area contributed by atoms with Gasteiger partial charge in [-0.15, -0.1) is 0 Å². The zero-order valence-corrected chi connectivity index (χ0v) is 41.9. The lowest BCUT2D eigenvalue weighted by Crippen LogP contribution is -2.28. The fourth-order valence-corrected chi connectivity index (χ4v) is 7.52. The van der Waals surface area contributed by atoms with Gasteiger partial charge in [0.15, 0.2) is 0 Å². The van der Waals surface area contributed by atoms with Crippen molar-refractivity contribution in [1.82, 2.24) is 0 Å². The summed E-state index contributed by atoms with van der Waals surface area (Å²) >= 11 is 0. The summed E-state index contributed by atoms with van der Waals surface area (Å²) in [6.07, 6.45) is 68.9. The Labute approximate surface area is 393 Å². The highest BCUT2D eigenvalue weighted by Crippen LogP contribution is 2.43. The van der Waals surface area contributed by atoms with Gasteiger partial charge < -0.3 is 20.1 Å². The minimum atomic E-state index is -4.31. The van der Waals surface area contributed by atoms with Gasteiger partial charge in [0, 0.05) is 19.6 Å². The summed E-state index contributed by atoms with van der Waals surface area (Å²) in [6.45, 7) is 4.69. The number of esters is 1. The number of unbranched alkanes of at least 4 members (excludes halogenated alkanes) is 19. The predicted molar refractivity (Wildman–Crippen MR) is 274 cm³/mol. The van der Waals surface area contributed by atoms with Crippen molar-refractivity contribution in [1.29, 1.82) is 0 Å². The molecule has 0 rings (SSSR count). The molecule has 2 unspecified atom stereocenters. The van der Waals surface area contributed by atoms with Crippen LogP contribution < -0.4 is 5.73 Å². The van der Waals surface area contributed by atoms with Crippen molar-refractivity contribution in [2.75, 3.05) is 33.0 Å². The van der Waals surface area contributed by atoms with Crippen LogP contribution in [0.2, 0.25) is 0 Å². The van der Waals surface area contributed by atoms with Gasteiger partial charge in [0.25, 0.3) is 0 Å². The van der Waals surface area contributed by atoms with E-state index in [-0.39, 0.29) is 32.8 Å². The smallest absolute Gasteiger partial charge is 0.457 e. The Bertz CT molecular complexity index is 1300. The van der Waals surface area contributed by atoms with E-state index < -0.39 is 19.9 Å². The first-order valence-electron chi connectivity index (χ1n) is 25.7. The van der Waals surface area contributed by atoms with E-state index in [9.17, 15) is 14.3 Å². The second kappa shape index (κ2) is 51.4. The first kappa shape index (κ1) is 61.4. The molecule has 368 valence electrons. The maximum Gasteiger partial charge on any atom is 0.472 e. The molecule has 0 amide bonds. The highest BCUT2D eigenvalue weighted by molar-refractivity contribution is 7.47. The van der Waals surface area contributed by atoms with Crippen LogP contribution in [0.15, 0.2) is 97.2 Å². The zero-order valence-electron chi connectivity index (χ0n) is 41.0. The molecule has 0 aliphatic rings. The van der Waals surface area contributed by atoms with E-state index in [1.807, 2.05) is 12.2 Å². The molecule has 0 aliphatic heterocycles. The Balaban J connectivity index is 4.02. The third-order valence-corrected chi connectivity index (χ3v) is 11.5. The van der Waals surface area contributed by atoms with Crippen LogP contribution in [0.25, 0.3) is 0 Å². The van der Waals surface area contributed by atoms with Gasteiger partial charge in [0.2, 0.25) is 0 Å². The van der Waals surface area contributed by atoms with Crippen LogP contribution in [-0.2, 0) is 27.9 Å². The number of rotatable bonds is 48. The van der Waals surface area contributed by atoms with Crippen molar-refractivity contribution in [3.63, 3.8) is 0 Å². The van der Waals surface area contributed by atoms with Crippen LogP contribution in [-0.4, -0.2) is 49.9 Å². The van der Waals surface area contributed by atoms with E-state index in [2.05, 4.69) is 98.9 Å². The highest BCUT2D eigenvalue weighted by Gasteiger charge is 2.25. The highest BCUT2D eigenvalue weighted by atomic mass is 31.2. The second-order valence-corrected chi connectivity index (χ2v) is 18.1. The number of phosphoric acid groups is 1. The summed E-state index contributed by atoms with van der Waals surface area (Å²) in [5.41, 5.74) is 5.38. The van der Waals surface area contributed by atoms with Crippen molar-refractivity contribution in [3.8, 4) is 0 Å². The SMILES string of the molecule is CC/C=C\C/C=C\C/C=C\C/C=C\C/C=C\C/C=C\CCC(=O)OC(COCCCCCCCCCCCCCCCC/C=C\C/C=C\CCCCCCC)COP(=O)(O)OCCN. The molecule has 0 heterocycles. The molecule has 0 saturated carbocycles. The average molecular weight is 914 g/mol. The van der Waals surface area contributed by atoms with Crippen molar-refractivity contribution in [2.24, 2.45) is 5.73 Å². The van der Waals surface area contributed by atoms with Gasteiger partial charge in [-0.2, -0.15) is 0 Å². The standard InChI is InChI=1S/C55H96NO7P/c1-3-5-7-9-11-13-15-17-19-21-23-24-25-26-27-28-29-31-33-35-37-39-41-43-45-47-50-60-52-54(53-62-64(58,59)61-51-49-56)63-55(57)48-46-44-42-40-38-36-34-32-30-22-20-18-16-14-12-10-8-6-4-2/h6,8,12,14-15,17-18,20-21,23,30,32,36,38,42,44,54H,3-5,7,9-11,13,16,19,22,24-29,31,33-35,37,39-41,43,45-53,56H2,1-2H3,(H,58,59)/b8-6-,14-12-,17-15-,20-18-,23-21-,32-30-,38-36-,44-42-. The molecule has 8 nitrogen and oxygen atoms in total. The molecule has 3 N–H and O–H groups in total. The molecule has 2 atom stereocenters. The summed E-state index contributed by atoms with van der Waals surface area (Å²) in [7, 11) is -4.31. The maximum absolute atomic E-state index is 12.6. The number of ether oxygens (including phenoxy) is 2. The molecule has 0 aliphatic carbocycles. The topological polar surface area (TPSA) is 117 Å². The lowest BCUT2D eigenvalue weighted by Gasteiger charge is -2.20. The van der Waals surface area contributed by atoms with Gasteiger partial charge in [-0.3, -0.25) is 13.8 Å². The average Bonchev–Trinajstić information content (AvgIpc) is 3.29. The van der Waals surface area contributed by atoms with Crippen LogP contribution in [0.4, 0.5) is 0 Å². The number of carbonyl (C=O) groups excluding carboxylic acids is 1. The Morgan fingerprint density at radius 1 is 0.484 bits per heavy atom. The molecule has 0 fully saturated rings. The minimum absolute atomic E-state index is 0.0807. The van der Waals surface area contributed by atoms with E-state index in [4.69, 9.17) is 24.3 Å². The Morgan fingerprint density at radius 3 is 1.31 bits per heavy atom. The minimum Gasteiger partial charge on any atom is -0.457 e. The molecular formula is C55H96NO7P. The Hall–Kier alpha value is -2.58. The predicted octanol–water partition coefficient (Wildman–Crippen LogP) is 16.2. The molecule has 9 heteroatoms. The Morgan fingerprint density at radius 2 is 0.875 bits per heavy atom. The third kappa shape index (κ3) is 50.4. The van der Waals surface area contributed by atoms with E-state index in [0.29, 0.717) is 13.0 Å². The fourth-order valence-electron chi connectivity index (χ4n) is 6.76. The molecule has 0 bridgehead atoms. The summed E-state index contributed by atoms with van der Waals surface area (Å²) in [5.74, 6) is -0.413. The van der Waals surface area contributed by atoms with Crippen molar-refractivity contribution in [3.05, 3.63) is 97.2 Å². The monoisotopic (exact) mass is 914 g/mol. The molecule has 64 heavy (non-hydrogen) atoms. The van der Waals surface area contributed by atoms with Crippen LogP contribution >= 0.6 is 7.82 Å². The van der Waals surface area contributed by atoms with E-state index in [1.54, 1.807) is 0 Å². The van der Waals surface area contributed by atoms with Gasteiger partial charge >= 0.3 is 13.8 Å². The van der Waals surface area contributed by atoms with Crippen LogP contribution in [0, 0.1) is 0 Å². The molecule has 0 radical (unpaired) electrons. The number of allylic oxidation sites excluding steroid dienone is 16. The normalized spacial score (nSPS) is 14.1. The number of nitrogens with two attached hydrogens (primary N) is 1. The molecule has 0 saturated heterocycles. The lowest BCUT2D eigenvalue weighted by molar-refractivity contribution is -0.154. The zero-order chi connectivity index (χ0) is 46.5. The van der Waals surface area contributed by atoms with E-state index >= 15 is 0 Å². The largest absolute Gasteiger partial charge is 0.472 e. The van der Waals surface area contributed by atoms with Crippen molar-refractivity contribution >= 4 is 13.8 Å². The van der Waals surface area contributed by atoms with Gasteiger partial charge in [-0.05, 0) is 83.5 Å². The molecular weight excluding hydrogens is 818 g/mol. The number of carbonyl (C=O) groups is 1. The summed E-state index contributed by atoms with van der Waals surface area (Å²) in [5, 5.41) is 0. The van der Waals surface area contributed by atoms with Crippen LogP contribution in [0.5, 0.6) is 0 Å². The molecule has 0 aromatic heterocycles. The number of hydrogen-bond donors (Lipinski definition) is 2. The number of phosphoric ester groups is 1. The van der Waals surface area contributed by atoms with E-state index in [0.717, 1.165) is 57.8 Å². The molecule has 0 spiro atoms. The maximum atomic E-state index is 12.6. The summed E-state index contributed by atoms with van der Waals surface area (Å²) in [6, 6.07) is 0. The van der Waals surface area contributed by atoms with Crippen molar-refractivity contribution in [2.45, 2.75) is 213 Å². The van der Waals surface area contributed by atoms with Gasteiger partial charge in [-0.1, -0.05) is 214 Å². The summed E-state index contributed by atoms with van der Waals surface area (Å²) in [4.78, 5) is 22.5. The first-order chi connectivity index (χ1) is 31.4. The quantitative estimate of drug-likeness (QED) is 0.0268. The first-order valence-corrected chi connectivity index (χ1v) is 27.2. The fraction of sp³-hybridized carbons (Fsp3) is 0.691. The van der Waals surface area contributed by atoms with Crippen LogP contribution in [0.1, 0.15) is 206 Å². The van der Waals surface area contributed by atoms with Gasteiger partial charge in [-0.25, -0.2) is 4.57 Å². The second-order valence-electron chi connectivity index (χ2n) is 16.6. The van der Waals surface area contributed by atoms with Gasteiger partial charge in [0.1, 0.15) is 6.10 Å².